The number of hydrogen-bond acceptors (Lipinski definition) is 6. The van der Waals surface area contributed by atoms with E-state index in [4.69, 9.17) is 11.2 Å². The van der Waals surface area contributed by atoms with Crippen molar-refractivity contribution < 1.29 is 18.6 Å². The summed E-state index contributed by atoms with van der Waals surface area (Å²) in [6.07, 6.45) is 9.59. The standard InChI is InChI=1S/C36H38F2N4O2/c1-4-24-7-5-8-25-13-27(43)14-29(32(24)25)35-33(38)30-15-28(44-21-36-11-6-12-42(36)20-26(37)17-36)16-31(34(30)39-40-35)41-18-22(2)9-10-23(3)19-41/h1,5,7-8,13-16,22-23,26,43H,6,9-12,17-21H2,2-3H3/t22?,23?,26-,36+/m1/s1. The molecule has 1 aromatic heterocycles. The van der Waals surface area contributed by atoms with Gasteiger partial charge in [-0.15, -0.1) is 16.6 Å². The first-order chi connectivity index (χ1) is 21.2. The fourth-order valence-corrected chi connectivity index (χ4v) is 7.79. The van der Waals surface area contributed by atoms with Gasteiger partial charge in [0.15, 0.2) is 5.82 Å². The minimum absolute atomic E-state index is 0.0124. The molecular weight excluding hydrogens is 558 g/mol. The van der Waals surface area contributed by atoms with Crippen molar-refractivity contribution in [3.8, 4) is 35.1 Å². The summed E-state index contributed by atoms with van der Waals surface area (Å²) in [6, 6.07) is 12.2. The van der Waals surface area contributed by atoms with Crippen LogP contribution in [0.1, 0.15) is 51.5 Å². The van der Waals surface area contributed by atoms with E-state index in [1.54, 1.807) is 18.2 Å². The fraction of sp³-hybridized carbons (Fsp3) is 0.444. The van der Waals surface area contributed by atoms with Crippen molar-refractivity contribution in [2.45, 2.75) is 57.7 Å². The van der Waals surface area contributed by atoms with Gasteiger partial charge in [0.05, 0.1) is 11.2 Å². The minimum Gasteiger partial charge on any atom is -0.508 e. The van der Waals surface area contributed by atoms with Crippen molar-refractivity contribution in [1.29, 1.82) is 0 Å². The first-order valence-electron chi connectivity index (χ1n) is 15.7. The number of phenolic OH excluding ortho intramolecular Hbond substituents is 1. The smallest absolute Gasteiger partial charge is 0.161 e. The van der Waals surface area contributed by atoms with Gasteiger partial charge in [-0.25, -0.2) is 8.78 Å². The van der Waals surface area contributed by atoms with E-state index in [9.17, 15) is 9.50 Å². The molecule has 0 amide bonds. The van der Waals surface area contributed by atoms with E-state index in [-0.39, 0.29) is 22.4 Å². The van der Waals surface area contributed by atoms with Crippen LogP contribution < -0.4 is 9.64 Å². The summed E-state index contributed by atoms with van der Waals surface area (Å²) in [7, 11) is 0. The molecule has 44 heavy (non-hydrogen) atoms. The number of benzene rings is 3. The molecule has 3 aliphatic rings. The van der Waals surface area contributed by atoms with Gasteiger partial charge in [-0.05, 0) is 73.7 Å². The lowest BCUT2D eigenvalue weighted by atomic mass is 9.94. The van der Waals surface area contributed by atoms with Gasteiger partial charge >= 0.3 is 0 Å². The maximum atomic E-state index is 16.8. The SMILES string of the molecule is C#Cc1cccc2cc(O)cc(-c3nnc4c(N5CC(C)CCC(C)C5)cc(OC[C@@]56CCCN5C[C@H](F)C6)cc4c3F)c12. The summed E-state index contributed by atoms with van der Waals surface area (Å²) in [5.41, 5.74) is 1.90. The number of phenols is 1. The van der Waals surface area contributed by atoms with Crippen LogP contribution in [0.5, 0.6) is 11.5 Å². The van der Waals surface area contributed by atoms with E-state index in [1.165, 1.54) is 6.07 Å². The number of aromatic nitrogens is 2. The summed E-state index contributed by atoms with van der Waals surface area (Å²) in [4.78, 5) is 4.51. The van der Waals surface area contributed by atoms with Gasteiger partial charge in [-0.3, -0.25) is 4.90 Å². The Hall–Kier alpha value is -3.96. The van der Waals surface area contributed by atoms with Gasteiger partial charge in [0.2, 0.25) is 0 Å². The monoisotopic (exact) mass is 596 g/mol. The van der Waals surface area contributed by atoms with Crippen LogP contribution in [0.2, 0.25) is 0 Å². The molecule has 0 saturated carbocycles. The first-order valence-corrected chi connectivity index (χ1v) is 15.7. The summed E-state index contributed by atoms with van der Waals surface area (Å²) < 4.78 is 37.8. The number of terminal acetylenes is 1. The molecule has 0 aliphatic carbocycles. The van der Waals surface area contributed by atoms with Crippen molar-refractivity contribution in [1.82, 2.24) is 15.1 Å². The maximum absolute atomic E-state index is 16.8. The average molecular weight is 597 g/mol. The Morgan fingerprint density at radius 1 is 1.09 bits per heavy atom. The second-order valence-corrected chi connectivity index (χ2v) is 13.3. The highest BCUT2D eigenvalue weighted by atomic mass is 19.1. The number of ether oxygens (including phenoxy) is 1. The average Bonchev–Trinajstić information content (AvgIpc) is 3.47. The number of aromatic hydroxyl groups is 1. The molecule has 4 heterocycles. The summed E-state index contributed by atoms with van der Waals surface area (Å²) in [5.74, 6) is 3.57. The molecule has 0 radical (unpaired) electrons. The predicted molar refractivity (Wildman–Crippen MR) is 170 cm³/mol. The molecule has 3 saturated heterocycles. The molecule has 0 spiro atoms. The summed E-state index contributed by atoms with van der Waals surface area (Å²) in [5, 5.41) is 21.2. The van der Waals surface area contributed by atoms with Crippen molar-refractivity contribution >= 4 is 27.4 Å². The van der Waals surface area contributed by atoms with Crippen LogP contribution in [-0.2, 0) is 0 Å². The third kappa shape index (κ3) is 5.01. The normalized spacial score (nSPS) is 25.7. The Kier molecular flexibility index (Phi) is 7.32. The van der Waals surface area contributed by atoms with Gasteiger partial charge in [-0.1, -0.05) is 31.9 Å². The highest BCUT2D eigenvalue weighted by Crippen LogP contribution is 2.43. The van der Waals surface area contributed by atoms with E-state index in [0.29, 0.717) is 64.6 Å². The van der Waals surface area contributed by atoms with Crippen molar-refractivity contribution in [2.24, 2.45) is 11.8 Å². The van der Waals surface area contributed by atoms with Crippen LogP contribution in [0.3, 0.4) is 0 Å². The van der Waals surface area contributed by atoms with Crippen molar-refractivity contribution in [3.63, 3.8) is 0 Å². The van der Waals surface area contributed by atoms with E-state index in [1.807, 2.05) is 18.2 Å². The van der Waals surface area contributed by atoms with Crippen LogP contribution in [0.25, 0.3) is 32.9 Å². The van der Waals surface area contributed by atoms with Gasteiger partial charge in [0, 0.05) is 54.0 Å². The van der Waals surface area contributed by atoms with Crippen LogP contribution in [-0.4, -0.2) is 64.7 Å². The molecule has 4 atom stereocenters. The van der Waals surface area contributed by atoms with E-state index >= 15 is 4.39 Å². The number of anilines is 1. The first kappa shape index (κ1) is 28.8. The highest BCUT2D eigenvalue weighted by molar-refractivity contribution is 6.03. The third-order valence-corrected chi connectivity index (χ3v) is 9.96. The van der Waals surface area contributed by atoms with Crippen molar-refractivity contribution in [2.75, 3.05) is 37.7 Å². The van der Waals surface area contributed by atoms with E-state index < -0.39 is 12.0 Å². The number of alkyl halides is 1. The molecular formula is C36H38F2N4O2. The number of halogens is 2. The summed E-state index contributed by atoms with van der Waals surface area (Å²) >= 11 is 0. The van der Waals surface area contributed by atoms with Gasteiger partial charge < -0.3 is 14.7 Å². The number of fused-ring (bicyclic) bond motifs is 3. The number of nitrogens with zero attached hydrogens (tertiary/aromatic N) is 4. The largest absolute Gasteiger partial charge is 0.508 e. The molecule has 3 aliphatic heterocycles. The Labute approximate surface area is 257 Å². The lowest BCUT2D eigenvalue weighted by Gasteiger charge is -2.32. The van der Waals surface area contributed by atoms with E-state index in [0.717, 1.165) is 51.0 Å². The molecule has 228 valence electrons. The van der Waals surface area contributed by atoms with Gasteiger partial charge in [0.25, 0.3) is 0 Å². The molecule has 4 aromatic rings. The Morgan fingerprint density at radius 3 is 2.66 bits per heavy atom. The zero-order valence-corrected chi connectivity index (χ0v) is 25.3. The third-order valence-electron chi connectivity index (χ3n) is 9.96. The molecule has 2 unspecified atom stereocenters. The van der Waals surface area contributed by atoms with Crippen LogP contribution in [0, 0.1) is 30.0 Å². The summed E-state index contributed by atoms with van der Waals surface area (Å²) in [6.45, 7) is 7.80. The van der Waals surface area contributed by atoms with Gasteiger partial charge in [0.1, 0.15) is 35.5 Å². The molecule has 6 nitrogen and oxygen atoms in total. The van der Waals surface area contributed by atoms with E-state index in [2.05, 4.69) is 39.8 Å². The fourth-order valence-electron chi connectivity index (χ4n) is 7.79. The molecule has 8 heteroatoms. The quantitative estimate of drug-likeness (QED) is 0.248. The Morgan fingerprint density at radius 2 is 1.89 bits per heavy atom. The second kappa shape index (κ2) is 11.2. The highest BCUT2D eigenvalue weighted by Gasteiger charge is 2.49. The number of rotatable bonds is 5. The molecule has 0 bridgehead atoms. The molecule has 3 aromatic carbocycles. The van der Waals surface area contributed by atoms with Crippen molar-refractivity contribution in [3.05, 3.63) is 53.8 Å². The minimum atomic E-state index is -0.855. The zero-order valence-electron chi connectivity index (χ0n) is 25.3. The topological polar surface area (TPSA) is 61.7 Å². The van der Waals surface area contributed by atoms with Crippen LogP contribution in [0.4, 0.5) is 14.5 Å². The molecule has 1 N–H and O–H groups in total. The number of hydrogen-bond donors (Lipinski definition) is 1. The predicted octanol–water partition coefficient (Wildman–Crippen LogP) is 7.10. The van der Waals surface area contributed by atoms with Gasteiger partial charge in [-0.2, -0.15) is 0 Å². The molecule has 3 fully saturated rings. The zero-order chi connectivity index (χ0) is 30.6. The second-order valence-electron chi connectivity index (χ2n) is 13.3. The lowest BCUT2D eigenvalue weighted by Crippen LogP contribution is -2.43. The van der Waals surface area contributed by atoms with Crippen LogP contribution in [0.15, 0.2) is 42.5 Å². The molecule has 7 rings (SSSR count). The Bertz CT molecular complexity index is 1780. The lowest BCUT2D eigenvalue weighted by molar-refractivity contribution is 0.113. The maximum Gasteiger partial charge on any atom is 0.161 e. The Balaban J connectivity index is 1.38. The van der Waals surface area contributed by atoms with Crippen LogP contribution >= 0.6 is 0 Å².